The average molecular weight is 422 g/mol. The molecule has 0 spiro atoms. The van der Waals surface area contributed by atoms with Crippen molar-refractivity contribution in [3.8, 4) is 11.3 Å². The molecule has 1 aromatic heterocycles. The van der Waals surface area contributed by atoms with Gasteiger partial charge in [-0.15, -0.1) is 0 Å². The molecule has 1 aliphatic rings. The van der Waals surface area contributed by atoms with Crippen LogP contribution in [0.15, 0.2) is 53.3 Å². The molecule has 6 heteroatoms. The molecule has 1 aliphatic carbocycles. The van der Waals surface area contributed by atoms with Crippen LogP contribution < -0.4 is 10.9 Å². The fraction of sp³-hybridized carbons (Fsp3) is 0.292. The monoisotopic (exact) mass is 421 g/mol. The van der Waals surface area contributed by atoms with Crippen molar-refractivity contribution in [1.82, 2.24) is 9.78 Å². The van der Waals surface area contributed by atoms with Crippen LogP contribution in [-0.2, 0) is 17.6 Å². The second-order valence-corrected chi connectivity index (χ2v) is 8.11. The van der Waals surface area contributed by atoms with Gasteiger partial charge < -0.3 is 5.32 Å². The fourth-order valence-corrected chi connectivity index (χ4v) is 4.11. The molecule has 0 bridgehead atoms. The molecular weight excluding hydrogens is 398 g/mol. The predicted octanol–water partition coefficient (Wildman–Crippen LogP) is 4.95. The van der Waals surface area contributed by atoms with E-state index in [-0.39, 0.29) is 11.5 Å². The number of rotatable bonds is 4. The van der Waals surface area contributed by atoms with Crippen LogP contribution in [0.1, 0.15) is 42.5 Å². The summed E-state index contributed by atoms with van der Waals surface area (Å²) >= 11 is 6.17. The molecular formula is C24H24ClN3O2. The Labute approximate surface area is 180 Å². The third-order valence-corrected chi connectivity index (χ3v) is 6.16. The zero-order chi connectivity index (χ0) is 21.3. The molecule has 154 valence electrons. The van der Waals surface area contributed by atoms with Crippen LogP contribution in [0.5, 0.6) is 0 Å². The summed E-state index contributed by atoms with van der Waals surface area (Å²) in [6.45, 7) is 3.55. The summed E-state index contributed by atoms with van der Waals surface area (Å²) in [7, 11) is 0. The highest BCUT2D eigenvalue weighted by Gasteiger charge is 2.25. The lowest BCUT2D eigenvalue weighted by Gasteiger charge is -2.23. The number of hydrogen-bond acceptors (Lipinski definition) is 3. The number of nitrogens with one attached hydrogen (secondary N) is 1. The number of anilines is 1. The summed E-state index contributed by atoms with van der Waals surface area (Å²) in [4.78, 5) is 26.2. The van der Waals surface area contributed by atoms with Gasteiger partial charge in [0.05, 0.1) is 5.69 Å². The lowest BCUT2D eigenvalue weighted by molar-refractivity contribution is -0.119. The van der Waals surface area contributed by atoms with Gasteiger partial charge in [-0.05, 0) is 62.8 Å². The Kier molecular flexibility index (Phi) is 5.73. The molecule has 0 saturated heterocycles. The van der Waals surface area contributed by atoms with Crippen LogP contribution in [0.3, 0.4) is 0 Å². The molecule has 0 saturated carbocycles. The van der Waals surface area contributed by atoms with Crippen LogP contribution in [0, 0.1) is 6.92 Å². The van der Waals surface area contributed by atoms with Crippen molar-refractivity contribution in [1.29, 1.82) is 0 Å². The van der Waals surface area contributed by atoms with E-state index in [1.165, 1.54) is 4.68 Å². The molecule has 1 heterocycles. The molecule has 30 heavy (non-hydrogen) atoms. The standard InChI is InChI=1S/C24H24ClN3O2/c1-15-20(25)13-8-14-21(15)26-23(29)16(2)28-24(30)19-12-7-6-11-18(19)22(27-28)17-9-4-3-5-10-17/h3-5,8-10,13-14,16H,6-7,11-12H2,1-2H3,(H,26,29)/t16-/m1/s1. The van der Waals surface area contributed by atoms with Crippen molar-refractivity contribution in [3.63, 3.8) is 0 Å². The lowest BCUT2D eigenvalue weighted by Crippen LogP contribution is -2.37. The van der Waals surface area contributed by atoms with E-state index in [9.17, 15) is 9.59 Å². The summed E-state index contributed by atoms with van der Waals surface area (Å²) in [5.41, 5.74) is 4.81. The first-order chi connectivity index (χ1) is 14.5. The Morgan fingerprint density at radius 3 is 2.50 bits per heavy atom. The van der Waals surface area contributed by atoms with Gasteiger partial charge in [0.1, 0.15) is 6.04 Å². The summed E-state index contributed by atoms with van der Waals surface area (Å²) in [6, 6.07) is 14.5. The number of fused-ring (bicyclic) bond motifs is 1. The topological polar surface area (TPSA) is 64.0 Å². The Morgan fingerprint density at radius 2 is 1.77 bits per heavy atom. The van der Waals surface area contributed by atoms with E-state index in [2.05, 4.69) is 10.4 Å². The number of benzene rings is 2. The smallest absolute Gasteiger partial charge is 0.271 e. The second-order valence-electron chi connectivity index (χ2n) is 7.71. The molecule has 0 aliphatic heterocycles. The number of nitrogens with zero attached hydrogens (tertiary/aromatic N) is 2. The first-order valence-corrected chi connectivity index (χ1v) is 10.6. The van der Waals surface area contributed by atoms with Gasteiger partial charge in [0, 0.05) is 21.8 Å². The van der Waals surface area contributed by atoms with Crippen molar-refractivity contribution in [3.05, 3.63) is 80.6 Å². The highest BCUT2D eigenvalue weighted by atomic mass is 35.5. The van der Waals surface area contributed by atoms with Gasteiger partial charge in [-0.2, -0.15) is 5.10 Å². The third-order valence-electron chi connectivity index (χ3n) is 5.75. The summed E-state index contributed by atoms with van der Waals surface area (Å²) in [6.07, 6.45) is 3.58. The van der Waals surface area contributed by atoms with Gasteiger partial charge in [-0.25, -0.2) is 4.68 Å². The summed E-state index contributed by atoms with van der Waals surface area (Å²) in [5.74, 6) is -0.301. The molecule has 0 fully saturated rings. The highest BCUT2D eigenvalue weighted by Crippen LogP contribution is 2.29. The van der Waals surface area contributed by atoms with Gasteiger partial charge in [-0.3, -0.25) is 9.59 Å². The number of carbonyl (C=O) groups excluding carboxylic acids is 1. The van der Waals surface area contributed by atoms with E-state index < -0.39 is 6.04 Å². The van der Waals surface area contributed by atoms with Crippen LogP contribution >= 0.6 is 11.6 Å². The molecule has 0 radical (unpaired) electrons. The first-order valence-electron chi connectivity index (χ1n) is 10.2. The van der Waals surface area contributed by atoms with E-state index in [0.29, 0.717) is 10.7 Å². The zero-order valence-electron chi connectivity index (χ0n) is 17.1. The van der Waals surface area contributed by atoms with Gasteiger partial charge in [0.15, 0.2) is 0 Å². The quantitative estimate of drug-likeness (QED) is 0.648. The van der Waals surface area contributed by atoms with E-state index in [0.717, 1.165) is 53.6 Å². The molecule has 1 N–H and O–H groups in total. The number of amides is 1. The third kappa shape index (κ3) is 3.77. The van der Waals surface area contributed by atoms with E-state index in [4.69, 9.17) is 11.6 Å². The Bertz CT molecular complexity index is 1160. The molecule has 2 aromatic carbocycles. The predicted molar refractivity (Wildman–Crippen MR) is 120 cm³/mol. The minimum atomic E-state index is -0.759. The largest absolute Gasteiger partial charge is 0.324 e. The van der Waals surface area contributed by atoms with E-state index >= 15 is 0 Å². The minimum absolute atomic E-state index is 0.171. The van der Waals surface area contributed by atoms with Gasteiger partial charge in [0.2, 0.25) is 5.91 Å². The van der Waals surface area contributed by atoms with Gasteiger partial charge in [0.25, 0.3) is 5.56 Å². The van der Waals surface area contributed by atoms with Crippen molar-refractivity contribution >= 4 is 23.2 Å². The van der Waals surface area contributed by atoms with Crippen LogP contribution in [0.4, 0.5) is 5.69 Å². The Balaban J connectivity index is 1.75. The molecule has 3 aromatic rings. The van der Waals surface area contributed by atoms with Crippen molar-refractivity contribution in [2.75, 3.05) is 5.32 Å². The van der Waals surface area contributed by atoms with Crippen LogP contribution in [0.25, 0.3) is 11.3 Å². The minimum Gasteiger partial charge on any atom is -0.324 e. The van der Waals surface area contributed by atoms with Crippen LogP contribution in [0.2, 0.25) is 5.02 Å². The average Bonchev–Trinajstić information content (AvgIpc) is 2.77. The van der Waals surface area contributed by atoms with Crippen LogP contribution in [-0.4, -0.2) is 15.7 Å². The lowest BCUT2D eigenvalue weighted by atomic mass is 9.89. The first kappa shape index (κ1) is 20.4. The molecule has 1 atom stereocenters. The molecule has 1 amide bonds. The molecule has 5 nitrogen and oxygen atoms in total. The number of carbonyl (C=O) groups is 1. The zero-order valence-corrected chi connectivity index (χ0v) is 17.9. The van der Waals surface area contributed by atoms with E-state index in [1.54, 1.807) is 25.1 Å². The van der Waals surface area contributed by atoms with Crippen molar-refractivity contribution < 1.29 is 4.79 Å². The van der Waals surface area contributed by atoms with Gasteiger partial charge >= 0.3 is 0 Å². The highest BCUT2D eigenvalue weighted by molar-refractivity contribution is 6.31. The summed E-state index contributed by atoms with van der Waals surface area (Å²) in [5, 5.41) is 8.15. The fourth-order valence-electron chi connectivity index (χ4n) is 3.94. The number of hydrogen-bond donors (Lipinski definition) is 1. The van der Waals surface area contributed by atoms with E-state index in [1.807, 2.05) is 37.3 Å². The molecule has 0 unspecified atom stereocenters. The maximum absolute atomic E-state index is 13.2. The maximum Gasteiger partial charge on any atom is 0.271 e. The Morgan fingerprint density at radius 1 is 1.07 bits per heavy atom. The number of aromatic nitrogens is 2. The summed E-state index contributed by atoms with van der Waals surface area (Å²) < 4.78 is 1.34. The molecule has 4 rings (SSSR count). The maximum atomic E-state index is 13.2. The normalized spacial score (nSPS) is 14.1. The van der Waals surface area contributed by atoms with Gasteiger partial charge in [-0.1, -0.05) is 48.0 Å². The second kappa shape index (κ2) is 8.44. The van der Waals surface area contributed by atoms with Crippen molar-refractivity contribution in [2.45, 2.75) is 45.6 Å². The van der Waals surface area contributed by atoms with Crippen molar-refractivity contribution in [2.24, 2.45) is 0 Å². The Hall–Kier alpha value is -2.92. The SMILES string of the molecule is Cc1c(Cl)cccc1NC(=O)[C@@H](C)n1nc(-c2ccccc2)c2c(c1=O)CCCC2. The number of halogens is 1.